The molecule has 2 aliphatic heterocycles. The van der Waals surface area contributed by atoms with Gasteiger partial charge >= 0.3 is 12.1 Å². The molecule has 0 aromatic heterocycles. The van der Waals surface area contributed by atoms with Crippen LogP contribution in [0.2, 0.25) is 0 Å². The maximum absolute atomic E-state index is 12.7. The minimum absolute atomic E-state index is 0.0251. The van der Waals surface area contributed by atoms with Crippen molar-refractivity contribution >= 4 is 18.1 Å². The van der Waals surface area contributed by atoms with Crippen molar-refractivity contribution in [2.24, 2.45) is 5.92 Å². The van der Waals surface area contributed by atoms with Gasteiger partial charge < -0.3 is 19.6 Å². The van der Waals surface area contributed by atoms with Crippen molar-refractivity contribution in [2.45, 2.75) is 25.2 Å². The lowest BCUT2D eigenvalue weighted by molar-refractivity contribution is -0.0534. The number of carbonyl (C=O) groups is 2. The number of carbonyl (C=O) groups excluding carboxylic acids is 2. The Morgan fingerprint density at radius 1 is 0.840 bits per heavy atom. The fourth-order valence-electron chi connectivity index (χ4n) is 4.06. The Hall–Kier alpha value is -2.50. The number of fused-ring (bicyclic) bond motifs is 1. The second kappa shape index (κ2) is 6.43. The topological polar surface area (TPSA) is 47.1 Å². The summed E-state index contributed by atoms with van der Waals surface area (Å²) in [6, 6.07) is 9.87. The van der Waals surface area contributed by atoms with Crippen LogP contribution in [0.25, 0.3) is 6.08 Å². The van der Waals surface area contributed by atoms with Gasteiger partial charge in [0, 0.05) is 40.2 Å². The highest BCUT2D eigenvalue weighted by Gasteiger charge is 2.52. The summed E-state index contributed by atoms with van der Waals surface area (Å²) >= 11 is 0. The average Bonchev–Trinajstić information content (AvgIpc) is 2.62. The summed E-state index contributed by atoms with van der Waals surface area (Å²) in [4.78, 5) is 32.1. The molecule has 2 fully saturated rings. The summed E-state index contributed by atoms with van der Waals surface area (Å²) in [7, 11) is 7.21. The second-order valence-corrected chi connectivity index (χ2v) is 7.00. The van der Waals surface area contributed by atoms with Gasteiger partial charge in [0.2, 0.25) is 0 Å². The van der Waals surface area contributed by atoms with Gasteiger partial charge in [-0.2, -0.15) is 0 Å². The fraction of sp³-hybridized carbons (Fsp3) is 0.474. The minimum Gasteiger partial charge on any atom is -0.324 e. The first-order valence-electron chi connectivity index (χ1n) is 8.57. The molecule has 4 amide bonds. The third kappa shape index (κ3) is 2.75. The van der Waals surface area contributed by atoms with Crippen molar-refractivity contribution in [3.8, 4) is 0 Å². The van der Waals surface area contributed by atoms with Gasteiger partial charge in [-0.15, -0.1) is 0 Å². The summed E-state index contributed by atoms with van der Waals surface area (Å²) in [5.41, 5.74) is 1.10. The van der Waals surface area contributed by atoms with Crippen LogP contribution in [-0.2, 0) is 0 Å². The summed E-state index contributed by atoms with van der Waals surface area (Å²) in [5.74, 6) is 0.0976. The number of hydrogen-bond acceptors (Lipinski definition) is 2. The molecule has 0 radical (unpaired) electrons. The molecule has 2 aliphatic rings. The lowest BCUT2D eigenvalue weighted by Gasteiger charge is -2.57. The third-order valence-corrected chi connectivity index (χ3v) is 5.64. The Kier molecular flexibility index (Phi) is 4.45. The Labute approximate surface area is 149 Å². The van der Waals surface area contributed by atoms with Crippen molar-refractivity contribution in [1.29, 1.82) is 0 Å². The van der Waals surface area contributed by atoms with Crippen LogP contribution in [0.5, 0.6) is 0 Å². The van der Waals surface area contributed by atoms with Gasteiger partial charge in [0.15, 0.2) is 0 Å². The largest absolute Gasteiger partial charge is 0.324 e. The highest BCUT2D eigenvalue weighted by molar-refractivity contribution is 5.80. The van der Waals surface area contributed by atoms with E-state index >= 15 is 0 Å². The zero-order chi connectivity index (χ0) is 18.3. The molecule has 25 heavy (non-hydrogen) atoms. The Morgan fingerprint density at radius 3 is 2.00 bits per heavy atom. The number of rotatable bonds is 2. The second-order valence-electron chi connectivity index (χ2n) is 7.00. The van der Waals surface area contributed by atoms with Crippen molar-refractivity contribution in [1.82, 2.24) is 19.6 Å². The van der Waals surface area contributed by atoms with Crippen molar-refractivity contribution < 1.29 is 9.59 Å². The molecular weight excluding hydrogens is 316 g/mol. The molecule has 3 rings (SSSR count). The van der Waals surface area contributed by atoms with Crippen molar-refractivity contribution in [3.05, 3.63) is 42.0 Å². The normalized spacial score (nSPS) is 30.3. The van der Waals surface area contributed by atoms with Crippen molar-refractivity contribution in [2.75, 3.05) is 28.2 Å². The van der Waals surface area contributed by atoms with E-state index in [4.69, 9.17) is 0 Å². The van der Waals surface area contributed by atoms with Crippen LogP contribution in [0.15, 0.2) is 36.4 Å². The van der Waals surface area contributed by atoms with Gasteiger partial charge in [-0.1, -0.05) is 42.5 Å². The van der Waals surface area contributed by atoms with E-state index in [1.165, 1.54) is 0 Å². The van der Waals surface area contributed by atoms with Gasteiger partial charge in [0.1, 0.15) is 6.17 Å². The lowest BCUT2D eigenvalue weighted by Crippen LogP contribution is -2.73. The maximum atomic E-state index is 12.7. The summed E-state index contributed by atoms with van der Waals surface area (Å²) in [6.07, 6.45) is 3.90. The maximum Gasteiger partial charge on any atom is 0.321 e. The zero-order valence-corrected chi connectivity index (χ0v) is 15.5. The standard InChI is InChI=1S/C19H26N4O2/c1-13-16-15(12-11-14-9-7-6-8-10-14)21(3)19(25)23(5)17(16)22(4)18(24)20(13)2/h6-13,15-17H,1-5H3/b12-11+/t13-,15+,16-,17-/m1/s1. The molecule has 0 aliphatic carbocycles. The van der Waals surface area contributed by atoms with Crippen LogP contribution >= 0.6 is 0 Å². The molecular formula is C19H26N4O2. The Balaban J connectivity index is 1.99. The molecule has 0 unspecified atom stereocenters. The molecule has 0 N–H and O–H groups in total. The molecule has 0 bridgehead atoms. The molecule has 4 atom stereocenters. The van der Waals surface area contributed by atoms with Gasteiger partial charge in [-0.25, -0.2) is 9.59 Å². The van der Waals surface area contributed by atoms with Crippen LogP contribution < -0.4 is 0 Å². The van der Waals surface area contributed by atoms with E-state index in [-0.39, 0.29) is 36.2 Å². The lowest BCUT2D eigenvalue weighted by atomic mass is 9.82. The molecule has 0 saturated carbocycles. The minimum atomic E-state index is -0.243. The highest BCUT2D eigenvalue weighted by Crippen LogP contribution is 2.36. The molecule has 2 saturated heterocycles. The first-order chi connectivity index (χ1) is 11.8. The SMILES string of the molecule is C[C@@H]1[C@H]2[C@H](N(C)C(=O)N1C)N(C)C(=O)N(C)[C@H]2/C=C/c1ccccc1. The highest BCUT2D eigenvalue weighted by atomic mass is 16.2. The van der Waals surface area contributed by atoms with E-state index in [1.807, 2.05) is 44.4 Å². The number of urea groups is 2. The van der Waals surface area contributed by atoms with E-state index < -0.39 is 0 Å². The zero-order valence-electron chi connectivity index (χ0n) is 15.5. The van der Waals surface area contributed by atoms with Crippen LogP contribution in [0.1, 0.15) is 12.5 Å². The number of amides is 4. The molecule has 0 spiro atoms. The molecule has 2 heterocycles. The Bertz CT molecular complexity index is 686. The van der Waals surface area contributed by atoms with Gasteiger partial charge in [0.25, 0.3) is 0 Å². The van der Waals surface area contributed by atoms with Crippen LogP contribution in [0.3, 0.4) is 0 Å². The van der Waals surface area contributed by atoms with E-state index in [0.717, 1.165) is 5.56 Å². The monoisotopic (exact) mass is 342 g/mol. The molecule has 1 aromatic rings. The van der Waals surface area contributed by atoms with E-state index in [0.29, 0.717) is 0 Å². The first kappa shape index (κ1) is 17.3. The fourth-order valence-corrected chi connectivity index (χ4v) is 4.06. The van der Waals surface area contributed by atoms with Crippen LogP contribution in [0.4, 0.5) is 9.59 Å². The number of hydrogen-bond donors (Lipinski definition) is 0. The van der Waals surface area contributed by atoms with E-state index in [1.54, 1.807) is 33.7 Å². The van der Waals surface area contributed by atoms with Gasteiger partial charge in [-0.05, 0) is 12.5 Å². The molecule has 1 aromatic carbocycles. The smallest absolute Gasteiger partial charge is 0.321 e. The number of likely N-dealkylation sites (N-methyl/N-ethyl adjacent to an activating group) is 1. The first-order valence-corrected chi connectivity index (χ1v) is 8.57. The summed E-state index contributed by atoms with van der Waals surface area (Å²) in [6.45, 7) is 2.06. The summed E-state index contributed by atoms with van der Waals surface area (Å²) < 4.78 is 0. The predicted octanol–water partition coefficient (Wildman–Crippen LogP) is 2.39. The van der Waals surface area contributed by atoms with E-state index in [9.17, 15) is 9.59 Å². The van der Waals surface area contributed by atoms with Gasteiger partial charge in [-0.3, -0.25) is 0 Å². The van der Waals surface area contributed by atoms with E-state index in [2.05, 4.69) is 19.1 Å². The Morgan fingerprint density at radius 2 is 1.40 bits per heavy atom. The quantitative estimate of drug-likeness (QED) is 0.828. The van der Waals surface area contributed by atoms with Crippen molar-refractivity contribution in [3.63, 3.8) is 0 Å². The third-order valence-electron chi connectivity index (χ3n) is 5.64. The summed E-state index contributed by atoms with van der Waals surface area (Å²) in [5, 5.41) is 0. The van der Waals surface area contributed by atoms with Crippen LogP contribution in [0, 0.1) is 5.92 Å². The number of benzene rings is 1. The van der Waals surface area contributed by atoms with Gasteiger partial charge in [0.05, 0.1) is 6.04 Å². The molecule has 134 valence electrons. The molecule has 6 heteroatoms. The molecule has 6 nitrogen and oxygen atoms in total. The number of nitrogens with zero attached hydrogens (tertiary/aromatic N) is 4. The predicted molar refractivity (Wildman–Crippen MR) is 97.8 cm³/mol. The van der Waals surface area contributed by atoms with Crippen LogP contribution in [-0.4, -0.2) is 78.1 Å². The average molecular weight is 342 g/mol.